The van der Waals surface area contributed by atoms with Crippen molar-refractivity contribution in [2.45, 2.75) is 12.8 Å². The number of hydrogen-bond donors (Lipinski definition) is 1. The third-order valence-corrected chi connectivity index (χ3v) is 4.70. The Labute approximate surface area is 151 Å². The largest absolute Gasteiger partial charge is 0.478 e. The van der Waals surface area contributed by atoms with Crippen LogP contribution in [0.1, 0.15) is 28.8 Å². The third kappa shape index (κ3) is 4.17. The second-order valence-corrected chi connectivity index (χ2v) is 6.38. The van der Waals surface area contributed by atoms with Gasteiger partial charge in [0.1, 0.15) is 5.82 Å². The monoisotopic (exact) mass is 353 g/mol. The number of carbonyl (C=O) groups is 2. The van der Waals surface area contributed by atoms with Crippen LogP contribution in [-0.2, 0) is 4.79 Å². The number of carboxylic acids is 1. The number of benzene rings is 2. The van der Waals surface area contributed by atoms with E-state index in [-0.39, 0.29) is 17.6 Å². The summed E-state index contributed by atoms with van der Waals surface area (Å²) in [6.07, 6.45) is 2.55. The minimum atomic E-state index is -1.02. The van der Waals surface area contributed by atoms with Crippen molar-refractivity contribution in [3.05, 3.63) is 77.6 Å². The first-order valence-electron chi connectivity index (χ1n) is 8.59. The predicted molar refractivity (Wildman–Crippen MR) is 97.1 cm³/mol. The second-order valence-electron chi connectivity index (χ2n) is 6.38. The Kier molecular flexibility index (Phi) is 5.46. The molecule has 1 fully saturated rings. The zero-order valence-electron chi connectivity index (χ0n) is 14.3. The van der Waals surface area contributed by atoms with Gasteiger partial charge in [-0.25, -0.2) is 9.18 Å². The van der Waals surface area contributed by atoms with Crippen molar-refractivity contribution in [2.75, 3.05) is 13.1 Å². The number of nitrogens with zero attached hydrogens (tertiary/aromatic N) is 1. The molecule has 1 saturated heterocycles. The van der Waals surface area contributed by atoms with E-state index in [2.05, 4.69) is 0 Å². The zero-order chi connectivity index (χ0) is 18.5. The average Bonchev–Trinajstić information content (AvgIpc) is 2.67. The van der Waals surface area contributed by atoms with Crippen molar-refractivity contribution in [1.82, 2.24) is 4.90 Å². The predicted octanol–water partition coefficient (Wildman–Crippen LogP) is 3.85. The summed E-state index contributed by atoms with van der Waals surface area (Å²) in [5.74, 6) is -1.36. The number of carboxylic acid groups (broad SMARTS) is 1. The van der Waals surface area contributed by atoms with E-state index in [4.69, 9.17) is 0 Å². The molecule has 1 N–H and O–H groups in total. The van der Waals surface area contributed by atoms with Gasteiger partial charge < -0.3 is 10.0 Å². The van der Waals surface area contributed by atoms with Crippen LogP contribution in [0.3, 0.4) is 0 Å². The van der Waals surface area contributed by atoms with Crippen LogP contribution in [-0.4, -0.2) is 35.0 Å². The molecule has 0 aromatic heterocycles. The number of hydrogen-bond acceptors (Lipinski definition) is 2. The molecule has 1 amide bonds. The molecule has 1 aliphatic rings. The van der Waals surface area contributed by atoms with Gasteiger partial charge in [0.15, 0.2) is 0 Å². The summed E-state index contributed by atoms with van der Waals surface area (Å²) in [4.78, 5) is 25.6. The van der Waals surface area contributed by atoms with Crippen LogP contribution >= 0.6 is 0 Å². The molecular weight excluding hydrogens is 333 g/mol. The molecule has 0 atom stereocenters. The topological polar surface area (TPSA) is 57.6 Å². The molecule has 3 rings (SSSR count). The smallest absolute Gasteiger partial charge is 0.328 e. The molecule has 4 nitrogen and oxygen atoms in total. The molecule has 134 valence electrons. The van der Waals surface area contributed by atoms with Crippen LogP contribution in [0, 0.1) is 11.7 Å². The Balaban J connectivity index is 1.73. The van der Waals surface area contributed by atoms with Gasteiger partial charge in [-0.3, -0.25) is 4.79 Å². The summed E-state index contributed by atoms with van der Waals surface area (Å²) < 4.78 is 13.2. The first-order valence-corrected chi connectivity index (χ1v) is 8.59. The lowest BCUT2D eigenvalue weighted by molar-refractivity contribution is -0.131. The standard InChI is InChI=1S/C21H20FNO3/c22-18-8-6-15(7-9-18)19(14-20(24)25)16-10-12-23(13-11-16)21(26)17-4-2-1-3-5-17/h1-9,14,16H,10-13H2,(H,24,25). The van der Waals surface area contributed by atoms with Crippen LogP contribution < -0.4 is 0 Å². The number of allylic oxidation sites excluding steroid dienone is 1. The first kappa shape index (κ1) is 17.9. The maximum Gasteiger partial charge on any atom is 0.328 e. The summed E-state index contributed by atoms with van der Waals surface area (Å²) in [6.45, 7) is 1.13. The summed E-state index contributed by atoms with van der Waals surface area (Å²) in [6, 6.07) is 15.0. The summed E-state index contributed by atoms with van der Waals surface area (Å²) in [5.41, 5.74) is 2.05. The second kappa shape index (κ2) is 7.95. The van der Waals surface area contributed by atoms with E-state index >= 15 is 0 Å². The average molecular weight is 353 g/mol. The van der Waals surface area contributed by atoms with Gasteiger partial charge in [-0.1, -0.05) is 30.3 Å². The molecule has 0 aliphatic carbocycles. The number of rotatable bonds is 4. The highest BCUT2D eigenvalue weighted by Crippen LogP contribution is 2.32. The molecule has 0 bridgehead atoms. The first-order chi connectivity index (χ1) is 12.5. The highest BCUT2D eigenvalue weighted by atomic mass is 19.1. The minimum Gasteiger partial charge on any atom is -0.478 e. The molecule has 2 aromatic rings. The van der Waals surface area contributed by atoms with Crippen molar-refractivity contribution in [3.8, 4) is 0 Å². The van der Waals surface area contributed by atoms with Crippen molar-refractivity contribution in [3.63, 3.8) is 0 Å². The molecule has 2 aromatic carbocycles. The SMILES string of the molecule is O=C(O)C=C(c1ccc(F)cc1)C1CCN(C(=O)c2ccccc2)CC1. The van der Waals surface area contributed by atoms with Crippen molar-refractivity contribution in [2.24, 2.45) is 5.92 Å². The number of likely N-dealkylation sites (tertiary alicyclic amines) is 1. The highest BCUT2D eigenvalue weighted by Gasteiger charge is 2.26. The van der Waals surface area contributed by atoms with Gasteiger partial charge >= 0.3 is 5.97 Å². The van der Waals surface area contributed by atoms with Crippen LogP contribution in [0.2, 0.25) is 0 Å². The van der Waals surface area contributed by atoms with E-state index in [1.54, 1.807) is 29.2 Å². The van der Waals surface area contributed by atoms with Gasteiger partial charge in [-0.2, -0.15) is 0 Å². The fourth-order valence-corrected chi connectivity index (χ4v) is 3.37. The molecule has 0 saturated carbocycles. The van der Waals surface area contributed by atoms with Gasteiger partial charge in [0.05, 0.1) is 0 Å². The molecule has 0 unspecified atom stereocenters. The van der Waals surface area contributed by atoms with E-state index in [0.29, 0.717) is 42.6 Å². The van der Waals surface area contributed by atoms with Crippen molar-refractivity contribution in [1.29, 1.82) is 0 Å². The number of aliphatic carboxylic acids is 1. The molecule has 5 heteroatoms. The zero-order valence-corrected chi connectivity index (χ0v) is 14.3. The van der Waals surface area contributed by atoms with Crippen LogP contribution in [0.25, 0.3) is 5.57 Å². The maximum absolute atomic E-state index is 13.2. The number of amides is 1. The van der Waals surface area contributed by atoms with Crippen molar-refractivity contribution < 1.29 is 19.1 Å². The molecule has 0 radical (unpaired) electrons. The molecule has 0 spiro atoms. The van der Waals surface area contributed by atoms with Crippen molar-refractivity contribution >= 4 is 17.4 Å². The molecule has 1 heterocycles. The normalized spacial score (nSPS) is 15.7. The van der Waals surface area contributed by atoms with Gasteiger partial charge in [0.25, 0.3) is 5.91 Å². The fraction of sp³-hybridized carbons (Fsp3) is 0.238. The number of piperidine rings is 1. The maximum atomic E-state index is 13.2. The third-order valence-electron chi connectivity index (χ3n) is 4.70. The number of carbonyl (C=O) groups excluding carboxylic acids is 1. The quantitative estimate of drug-likeness (QED) is 0.850. The lowest BCUT2D eigenvalue weighted by Crippen LogP contribution is -2.38. The molecule has 1 aliphatic heterocycles. The lowest BCUT2D eigenvalue weighted by atomic mass is 9.84. The molecule has 26 heavy (non-hydrogen) atoms. The number of halogens is 1. The van der Waals surface area contributed by atoms with Crippen LogP contribution in [0.5, 0.6) is 0 Å². The highest BCUT2D eigenvalue weighted by molar-refractivity contribution is 5.94. The Morgan fingerprint density at radius 1 is 0.962 bits per heavy atom. The Morgan fingerprint density at radius 3 is 2.15 bits per heavy atom. The summed E-state index contributed by atoms with van der Waals surface area (Å²) in [7, 11) is 0. The van der Waals surface area contributed by atoms with E-state index in [9.17, 15) is 19.1 Å². The lowest BCUT2D eigenvalue weighted by Gasteiger charge is -2.33. The van der Waals surface area contributed by atoms with Gasteiger partial charge in [0.2, 0.25) is 0 Å². The van der Waals surface area contributed by atoms with E-state index in [1.165, 1.54) is 18.2 Å². The van der Waals surface area contributed by atoms with Gasteiger partial charge in [-0.05, 0) is 54.2 Å². The van der Waals surface area contributed by atoms with Crippen LogP contribution in [0.15, 0.2) is 60.7 Å². The molecular formula is C21H20FNO3. The Morgan fingerprint density at radius 2 is 1.58 bits per heavy atom. The minimum absolute atomic E-state index is 0.00500. The van der Waals surface area contributed by atoms with Gasteiger partial charge in [-0.15, -0.1) is 0 Å². The van der Waals surface area contributed by atoms with Crippen LogP contribution in [0.4, 0.5) is 4.39 Å². The van der Waals surface area contributed by atoms with Gasteiger partial charge in [0, 0.05) is 24.7 Å². The summed E-state index contributed by atoms with van der Waals surface area (Å²) >= 11 is 0. The van der Waals surface area contributed by atoms with E-state index in [1.807, 2.05) is 18.2 Å². The Hall–Kier alpha value is -2.95. The fourth-order valence-electron chi connectivity index (χ4n) is 3.37. The van der Waals surface area contributed by atoms with E-state index in [0.717, 1.165) is 0 Å². The summed E-state index contributed by atoms with van der Waals surface area (Å²) in [5, 5.41) is 9.20. The van der Waals surface area contributed by atoms with E-state index < -0.39 is 5.97 Å². The Bertz CT molecular complexity index is 807.